The standard InChI is InChI=1S/C20H17FN4O4S/c1-30-20-22-10-14(25(20)13-8-6-12(21)7-9-13)18(26)23-24-19(27)17-11-28-15-4-2-3-5-16(15)29-17/h2-10,17H,11H2,1H3,(H,23,26)(H,24,27). The summed E-state index contributed by atoms with van der Waals surface area (Å²) in [4.78, 5) is 29.3. The predicted octanol–water partition coefficient (Wildman–Crippen LogP) is 2.33. The van der Waals surface area contributed by atoms with Crippen LogP contribution in [0.4, 0.5) is 4.39 Å². The van der Waals surface area contributed by atoms with Crippen molar-refractivity contribution >= 4 is 23.6 Å². The lowest BCUT2D eigenvalue weighted by Crippen LogP contribution is -2.51. The average Bonchev–Trinajstić information content (AvgIpc) is 3.21. The molecule has 0 bridgehead atoms. The molecule has 3 aromatic rings. The highest BCUT2D eigenvalue weighted by molar-refractivity contribution is 7.98. The highest BCUT2D eigenvalue weighted by atomic mass is 32.2. The number of fused-ring (bicyclic) bond motifs is 1. The summed E-state index contributed by atoms with van der Waals surface area (Å²) in [5, 5.41) is 0.540. The molecule has 30 heavy (non-hydrogen) atoms. The van der Waals surface area contributed by atoms with Crippen LogP contribution in [-0.2, 0) is 4.79 Å². The molecule has 154 valence electrons. The third-order valence-electron chi connectivity index (χ3n) is 4.33. The minimum atomic E-state index is -0.913. The summed E-state index contributed by atoms with van der Waals surface area (Å²) in [6.07, 6.45) is 2.28. The van der Waals surface area contributed by atoms with Crippen LogP contribution in [0.15, 0.2) is 59.9 Å². The van der Waals surface area contributed by atoms with Crippen molar-refractivity contribution in [2.45, 2.75) is 11.3 Å². The second kappa shape index (κ2) is 8.46. The number of hydrogen-bond acceptors (Lipinski definition) is 6. The fourth-order valence-corrected chi connectivity index (χ4v) is 3.43. The molecule has 2 aromatic carbocycles. The largest absolute Gasteiger partial charge is 0.485 e. The maximum Gasteiger partial charge on any atom is 0.288 e. The van der Waals surface area contributed by atoms with Gasteiger partial charge in [0.15, 0.2) is 16.7 Å². The van der Waals surface area contributed by atoms with Crippen LogP contribution in [0.1, 0.15) is 10.5 Å². The van der Waals surface area contributed by atoms with E-state index in [9.17, 15) is 14.0 Å². The molecule has 0 fully saturated rings. The van der Waals surface area contributed by atoms with Crippen molar-refractivity contribution < 1.29 is 23.5 Å². The van der Waals surface area contributed by atoms with E-state index in [-0.39, 0.29) is 18.1 Å². The van der Waals surface area contributed by atoms with Crippen LogP contribution in [0.5, 0.6) is 11.5 Å². The van der Waals surface area contributed by atoms with Crippen LogP contribution in [-0.4, -0.2) is 40.3 Å². The second-order valence-corrected chi connectivity index (χ2v) is 7.02. The summed E-state index contributed by atoms with van der Waals surface area (Å²) in [6, 6.07) is 12.7. The lowest BCUT2D eigenvalue weighted by molar-refractivity contribution is -0.131. The Kier molecular flexibility index (Phi) is 5.57. The number of halogens is 1. The number of ether oxygens (including phenoxy) is 2. The van der Waals surface area contributed by atoms with Gasteiger partial charge >= 0.3 is 0 Å². The van der Waals surface area contributed by atoms with Crippen molar-refractivity contribution in [3.8, 4) is 17.2 Å². The van der Waals surface area contributed by atoms with Crippen LogP contribution in [0, 0.1) is 5.82 Å². The first-order valence-electron chi connectivity index (χ1n) is 8.93. The van der Waals surface area contributed by atoms with E-state index in [0.29, 0.717) is 22.3 Å². The van der Waals surface area contributed by atoms with Crippen LogP contribution >= 0.6 is 11.8 Å². The predicted molar refractivity (Wildman–Crippen MR) is 107 cm³/mol. The van der Waals surface area contributed by atoms with Gasteiger partial charge in [-0.1, -0.05) is 23.9 Å². The minimum absolute atomic E-state index is 0.0167. The third-order valence-corrected chi connectivity index (χ3v) is 4.98. The zero-order valence-electron chi connectivity index (χ0n) is 15.8. The monoisotopic (exact) mass is 428 g/mol. The van der Waals surface area contributed by atoms with Crippen LogP contribution < -0.4 is 20.3 Å². The average molecular weight is 428 g/mol. The van der Waals surface area contributed by atoms with Gasteiger partial charge < -0.3 is 9.47 Å². The van der Waals surface area contributed by atoms with Crippen molar-refractivity contribution in [3.05, 3.63) is 66.2 Å². The fraction of sp³-hybridized carbons (Fsp3) is 0.150. The summed E-state index contributed by atoms with van der Waals surface area (Å²) >= 11 is 1.33. The Morgan fingerprint density at radius 1 is 1.13 bits per heavy atom. The number of amides is 2. The highest BCUT2D eigenvalue weighted by Gasteiger charge is 2.28. The molecular formula is C20H17FN4O4S. The maximum atomic E-state index is 13.3. The van der Waals surface area contributed by atoms with Crippen molar-refractivity contribution in [2.75, 3.05) is 12.9 Å². The Hall–Kier alpha value is -3.53. The molecule has 1 aliphatic heterocycles. The number of para-hydroxylation sites is 2. The van der Waals surface area contributed by atoms with Gasteiger partial charge in [0.2, 0.25) is 6.10 Å². The number of imidazole rings is 1. The number of nitrogens with zero attached hydrogens (tertiary/aromatic N) is 2. The summed E-state index contributed by atoms with van der Waals surface area (Å²) in [5.41, 5.74) is 5.45. The molecule has 1 aromatic heterocycles. The molecule has 4 rings (SSSR count). The zero-order chi connectivity index (χ0) is 21.1. The molecule has 0 saturated carbocycles. The summed E-state index contributed by atoms with van der Waals surface area (Å²) in [5.74, 6) is -0.528. The number of carbonyl (C=O) groups excluding carboxylic acids is 2. The Labute approximate surface area is 175 Å². The van der Waals surface area contributed by atoms with Gasteiger partial charge in [0, 0.05) is 5.69 Å². The van der Waals surface area contributed by atoms with Crippen LogP contribution in [0.3, 0.4) is 0 Å². The summed E-state index contributed by atoms with van der Waals surface area (Å²) in [6.45, 7) is 0.0167. The molecule has 1 atom stereocenters. The van der Waals surface area contributed by atoms with Crippen molar-refractivity contribution in [3.63, 3.8) is 0 Å². The normalized spacial score (nSPS) is 14.8. The fourth-order valence-electron chi connectivity index (χ4n) is 2.89. The van der Waals surface area contributed by atoms with Gasteiger partial charge in [0.25, 0.3) is 11.8 Å². The number of thioether (sulfide) groups is 1. The van der Waals surface area contributed by atoms with E-state index in [1.165, 1.54) is 42.2 Å². The molecule has 0 saturated heterocycles. The smallest absolute Gasteiger partial charge is 0.288 e. The van der Waals surface area contributed by atoms with E-state index in [2.05, 4.69) is 15.8 Å². The van der Waals surface area contributed by atoms with Gasteiger partial charge in [-0.3, -0.25) is 25.0 Å². The number of rotatable bonds is 4. The first-order chi connectivity index (χ1) is 14.6. The minimum Gasteiger partial charge on any atom is -0.485 e. The zero-order valence-corrected chi connectivity index (χ0v) is 16.6. The third kappa shape index (κ3) is 3.94. The topological polar surface area (TPSA) is 94.5 Å². The quantitative estimate of drug-likeness (QED) is 0.489. The Morgan fingerprint density at radius 2 is 1.87 bits per heavy atom. The molecule has 1 aliphatic rings. The van der Waals surface area contributed by atoms with E-state index >= 15 is 0 Å². The van der Waals surface area contributed by atoms with Gasteiger partial charge in [-0.05, 0) is 42.7 Å². The second-order valence-electron chi connectivity index (χ2n) is 6.25. The molecule has 0 spiro atoms. The summed E-state index contributed by atoms with van der Waals surface area (Å²) in [7, 11) is 0. The van der Waals surface area contributed by atoms with Gasteiger partial charge in [-0.15, -0.1) is 0 Å². The van der Waals surface area contributed by atoms with E-state index < -0.39 is 17.9 Å². The van der Waals surface area contributed by atoms with Gasteiger partial charge in [0.05, 0.1) is 6.20 Å². The number of aromatic nitrogens is 2. The van der Waals surface area contributed by atoms with Gasteiger partial charge in [-0.25, -0.2) is 9.37 Å². The molecule has 2 amide bonds. The number of hydrazine groups is 1. The number of benzene rings is 2. The number of nitrogens with one attached hydrogen (secondary N) is 2. The summed E-state index contributed by atoms with van der Waals surface area (Å²) < 4.78 is 26.0. The van der Waals surface area contributed by atoms with E-state index in [0.717, 1.165) is 0 Å². The first-order valence-corrected chi connectivity index (χ1v) is 10.2. The first kappa shape index (κ1) is 19.8. The molecule has 2 heterocycles. The van der Waals surface area contributed by atoms with E-state index in [1.807, 2.05) is 6.26 Å². The molecule has 1 unspecified atom stereocenters. The van der Waals surface area contributed by atoms with E-state index in [1.54, 1.807) is 28.8 Å². The Morgan fingerprint density at radius 3 is 2.60 bits per heavy atom. The molecule has 8 nitrogen and oxygen atoms in total. The highest BCUT2D eigenvalue weighted by Crippen LogP contribution is 2.30. The van der Waals surface area contributed by atoms with Gasteiger partial charge in [0.1, 0.15) is 18.1 Å². The molecular weight excluding hydrogens is 411 g/mol. The molecule has 0 radical (unpaired) electrons. The Balaban J connectivity index is 1.45. The Bertz CT molecular complexity index is 1090. The van der Waals surface area contributed by atoms with Crippen molar-refractivity contribution in [1.29, 1.82) is 0 Å². The lowest BCUT2D eigenvalue weighted by Gasteiger charge is -2.25. The molecule has 10 heteroatoms. The molecule has 2 N–H and O–H groups in total. The van der Waals surface area contributed by atoms with Crippen molar-refractivity contribution in [2.24, 2.45) is 0 Å². The SMILES string of the molecule is CSc1ncc(C(=O)NNC(=O)C2COc3ccccc3O2)n1-c1ccc(F)cc1. The lowest BCUT2D eigenvalue weighted by atomic mass is 10.2. The molecule has 0 aliphatic carbocycles. The van der Waals surface area contributed by atoms with Crippen LogP contribution in [0.25, 0.3) is 5.69 Å². The van der Waals surface area contributed by atoms with Crippen molar-refractivity contribution in [1.82, 2.24) is 20.4 Å². The number of hydrogen-bond donors (Lipinski definition) is 2. The number of carbonyl (C=O) groups is 2. The van der Waals surface area contributed by atoms with Gasteiger partial charge in [-0.2, -0.15) is 0 Å². The van der Waals surface area contributed by atoms with E-state index in [4.69, 9.17) is 9.47 Å². The van der Waals surface area contributed by atoms with Crippen LogP contribution in [0.2, 0.25) is 0 Å². The maximum absolute atomic E-state index is 13.3.